The molecule has 0 fully saturated rings. The van der Waals surface area contributed by atoms with Crippen LogP contribution in [0, 0.1) is 41.5 Å². The maximum absolute atomic E-state index is 12.6. The van der Waals surface area contributed by atoms with Crippen molar-refractivity contribution in [2.45, 2.75) is 41.5 Å². The predicted molar refractivity (Wildman–Crippen MR) is 181 cm³/mol. The molecule has 8 bridgehead atoms. The van der Waals surface area contributed by atoms with Crippen molar-refractivity contribution >= 4 is 52.7 Å². The van der Waals surface area contributed by atoms with Crippen molar-refractivity contribution in [2.24, 2.45) is 0 Å². The Bertz CT molecular complexity index is 2160. The van der Waals surface area contributed by atoms with Crippen LogP contribution in [0.25, 0.3) is 68.6 Å². The van der Waals surface area contributed by atoms with E-state index in [0.717, 1.165) is 84.4 Å². The normalized spacial score (nSPS) is 12.0. The van der Waals surface area contributed by atoms with Crippen molar-refractivity contribution in [2.75, 3.05) is 0 Å². The molecule has 1 radical (unpaired) electrons. The topological polar surface area (TPSA) is 71.1 Å². The number of hydrogen-bond donors (Lipinski definition) is 0. The van der Waals surface area contributed by atoms with Crippen LogP contribution < -0.4 is 9.97 Å². The first-order valence-corrected chi connectivity index (χ1v) is 14.8. The predicted octanol–water partition coefficient (Wildman–Crippen LogP) is 8.91. The molecular weight excluding hydrogens is 604 g/mol. The van der Waals surface area contributed by atoms with Crippen molar-refractivity contribution in [3.8, 4) is 22.3 Å². The Hall–Kier alpha value is -4.77. The Balaban J connectivity index is 0.00000357. The molecule has 0 saturated heterocycles. The second-order valence-electron chi connectivity index (χ2n) is 11.9. The SMILES string of the molecule is Cc1cc(C)c(-c2c3nc(c(C=O)c4ccc([n-]4)c(-c4c(C)cc(C)cc4C)c4nc(cc5ccc2[n-]5)C=C4)C=C3)c(C)c1.[Cu+2]. The molecule has 7 rings (SSSR count). The fourth-order valence-corrected chi connectivity index (χ4v) is 6.82. The van der Waals surface area contributed by atoms with E-state index in [2.05, 4.69) is 65.8 Å². The summed E-state index contributed by atoms with van der Waals surface area (Å²) in [6, 6.07) is 18.7. The molecule has 45 heavy (non-hydrogen) atoms. The molecule has 5 aromatic rings. The van der Waals surface area contributed by atoms with Crippen LogP contribution in [0.4, 0.5) is 0 Å². The van der Waals surface area contributed by atoms with Crippen LogP contribution in [-0.4, -0.2) is 16.3 Å². The van der Waals surface area contributed by atoms with E-state index >= 15 is 0 Å². The van der Waals surface area contributed by atoms with E-state index < -0.39 is 0 Å². The van der Waals surface area contributed by atoms with Crippen LogP contribution in [0.3, 0.4) is 0 Å². The van der Waals surface area contributed by atoms with Crippen molar-refractivity contribution in [3.63, 3.8) is 0 Å². The van der Waals surface area contributed by atoms with Gasteiger partial charge in [-0.3, -0.25) is 4.79 Å². The average Bonchev–Trinajstić information content (AvgIpc) is 3.77. The summed E-state index contributed by atoms with van der Waals surface area (Å²) in [6.07, 6.45) is 8.81. The zero-order chi connectivity index (χ0) is 30.7. The van der Waals surface area contributed by atoms with E-state index in [0.29, 0.717) is 16.8 Å². The molecular formula is C39H32CuN4O. The second-order valence-corrected chi connectivity index (χ2v) is 11.9. The van der Waals surface area contributed by atoms with Gasteiger partial charge >= 0.3 is 17.1 Å². The van der Waals surface area contributed by atoms with Gasteiger partial charge in [0.05, 0.1) is 22.8 Å². The Morgan fingerprint density at radius 1 is 0.533 bits per heavy atom. The van der Waals surface area contributed by atoms with Gasteiger partial charge in [0.1, 0.15) is 0 Å². The largest absolute Gasteiger partial charge is 2.00 e. The number of carbonyl (C=O) groups is 1. The van der Waals surface area contributed by atoms with Gasteiger partial charge in [0.2, 0.25) is 0 Å². The fraction of sp³-hybridized carbons (Fsp3) is 0.154. The van der Waals surface area contributed by atoms with E-state index in [1.165, 1.54) is 11.1 Å². The molecule has 0 spiro atoms. The molecule has 5 nitrogen and oxygen atoms in total. The Kier molecular flexibility index (Phi) is 7.82. The number of aldehydes is 1. The monoisotopic (exact) mass is 635 g/mol. The molecule has 2 aliphatic heterocycles. The second kappa shape index (κ2) is 11.6. The number of aryl methyl sites for hydroxylation is 6. The molecule has 0 N–H and O–H groups in total. The van der Waals surface area contributed by atoms with Gasteiger partial charge in [-0.2, -0.15) is 0 Å². The Labute approximate surface area is 273 Å². The van der Waals surface area contributed by atoms with Crippen LogP contribution >= 0.6 is 0 Å². The molecule has 2 aromatic carbocycles. The number of benzene rings is 2. The Morgan fingerprint density at radius 3 is 1.62 bits per heavy atom. The molecule has 225 valence electrons. The van der Waals surface area contributed by atoms with Gasteiger partial charge in [0.15, 0.2) is 6.29 Å². The van der Waals surface area contributed by atoms with Crippen LogP contribution in [0.2, 0.25) is 0 Å². The molecule has 0 unspecified atom stereocenters. The molecule has 2 aliphatic rings. The number of rotatable bonds is 3. The summed E-state index contributed by atoms with van der Waals surface area (Å²) < 4.78 is 0. The van der Waals surface area contributed by atoms with Gasteiger partial charge in [-0.1, -0.05) is 65.7 Å². The van der Waals surface area contributed by atoms with Crippen molar-refractivity contribution in [3.05, 3.63) is 116 Å². The third kappa shape index (κ3) is 5.31. The summed E-state index contributed by atoms with van der Waals surface area (Å²) in [5.74, 6) is 0. The number of carbonyl (C=O) groups excluding carboxylic acids is 1. The average molecular weight is 636 g/mol. The fourth-order valence-electron chi connectivity index (χ4n) is 6.82. The van der Waals surface area contributed by atoms with E-state index in [9.17, 15) is 4.79 Å². The molecule has 0 amide bonds. The number of aromatic nitrogens is 4. The molecule has 0 atom stereocenters. The summed E-state index contributed by atoms with van der Waals surface area (Å²) in [7, 11) is 0. The maximum atomic E-state index is 12.6. The zero-order valence-corrected chi connectivity index (χ0v) is 27.0. The summed E-state index contributed by atoms with van der Waals surface area (Å²) in [5.41, 5.74) is 17.6. The first-order valence-electron chi connectivity index (χ1n) is 14.8. The summed E-state index contributed by atoms with van der Waals surface area (Å²) in [4.78, 5) is 32.8. The van der Waals surface area contributed by atoms with E-state index in [4.69, 9.17) is 19.9 Å². The third-order valence-electron chi connectivity index (χ3n) is 8.45. The van der Waals surface area contributed by atoms with Crippen molar-refractivity contribution < 1.29 is 21.9 Å². The zero-order valence-electron chi connectivity index (χ0n) is 26.1. The minimum atomic E-state index is 0. The number of hydrogen-bond acceptors (Lipinski definition) is 3. The van der Waals surface area contributed by atoms with Gasteiger partial charge in [-0.15, -0.1) is 22.1 Å². The van der Waals surface area contributed by atoms with E-state index in [-0.39, 0.29) is 17.1 Å². The van der Waals surface area contributed by atoms with E-state index in [1.807, 2.05) is 54.6 Å². The first-order chi connectivity index (χ1) is 21.2. The summed E-state index contributed by atoms with van der Waals surface area (Å²) in [5, 5.41) is 0. The molecule has 0 saturated carbocycles. The summed E-state index contributed by atoms with van der Waals surface area (Å²) >= 11 is 0. The van der Waals surface area contributed by atoms with E-state index in [1.54, 1.807) is 0 Å². The van der Waals surface area contributed by atoms with Crippen molar-refractivity contribution in [1.29, 1.82) is 0 Å². The minimum absolute atomic E-state index is 0. The molecule has 3 aromatic heterocycles. The molecule has 6 heteroatoms. The smallest absolute Gasteiger partial charge is 0.657 e. The molecule has 5 heterocycles. The van der Waals surface area contributed by atoms with Gasteiger partial charge in [0, 0.05) is 5.56 Å². The van der Waals surface area contributed by atoms with Crippen LogP contribution in [0.1, 0.15) is 66.5 Å². The standard InChI is InChI=1S/C39H33N4O.Cu/c1-21-15-23(3)36(24(4)16-21)38-32-9-7-27(40-32)19-28-8-10-33(41-28)39(37-25(5)17-22(2)18-26(37)6)35-14-12-31(43-35)29(20-44)30-11-13-34(38)42-30;/h7-20H,1-6H3,(H-,40,41,42,43,44);/q-1;+2/p-1. The minimum Gasteiger partial charge on any atom is -0.657 e. The van der Waals surface area contributed by atoms with Gasteiger partial charge in [0.25, 0.3) is 0 Å². The van der Waals surface area contributed by atoms with Gasteiger partial charge in [-0.05, 0) is 110 Å². The van der Waals surface area contributed by atoms with Gasteiger partial charge < -0.3 is 9.97 Å². The maximum Gasteiger partial charge on any atom is 2.00 e. The van der Waals surface area contributed by atoms with Crippen LogP contribution in [0.15, 0.2) is 54.6 Å². The number of fused-ring (bicyclic) bond motifs is 8. The first kappa shape index (κ1) is 30.3. The third-order valence-corrected chi connectivity index (χ3v) is 8.45. The molecule has 0 aliphatic carbocycles. The van der Waals surface area contributed by atoms with Crippen molar-refractivity contribution in [1.82, 2.24) is 19.9 Å². The number of nitrogens with zero attached hydrogens (tertiary/aromatic N) is 4. The van der Waals surface area contributed by atoms with Crippen LogP contribution in [-0.2, 0) is 17.1 Å². The van der Waals surface area contributed by atoms with Gasteiger partial charge in [-0.25, -0.2) is 9.97 Å². The van der Waals surface area contributed by atoms with Crippen LogP contribution in [0.5, 0.6) is 0 Å². The summed E-state index contributed by atoms with van der Waals surface area (Å²) in [6.45, 7) is 12.7. The quantitative estimate of drug-likeness (QED) is 0.143. The Morgan fingerprint density at radius 2 is 1.02 bits per heavy atom.